The van der Waals surface area contributed by atoms with Crippen molar-refractivity contribution >= 4 is 5.91 Å². The van der Waals surface area contributed by atoms with Crippen LogP contribution in [0.25, 0.3) is 0 Å². The predicted molar refractivity (Wildman–Crippen MR) is 46.2 cm³/mol. The Balaban J connectivity index is 1.60. The van der Waals surface area contributed by atoms with Gasteiger partial charge in [-0.15, -0.1) is 0 Å². The molecule has 4 rings (SSSR count). The number of hydrogen-bond donors (Lipinski definition) is 1. The number of carbonyl (C=O) groups excluding carboxylic acids is 1. The predicted octanol–water partition coefficient (Wildman–Crippen LogP) is -0.794. The van der Waals surface area contributed by atoms with Gasteiger partial charge in [0.1, 0.15) is 0 Å². The molecule has 4 heteroatoms. The Kier molecular flexibility index (Phi) is 1.60. The maximum absolute atomic E-state index is 11.7. The molecule has 0 unspecified atom stereocenters. The first-order chi connectivity index (χ1) is 6.33. The summed E-state index contributed by atoms with van der Waals surface area (Å²) in [6.07, 6.45) is 1.05. The van der Waals surface area contributed by atoms with Crippen LogP contribution < -0.4 is 5.32 Å². The molecule has 4 heterocycles. The summed E-state index contributed by atoms with van der Waals surface area (Å²) in [6, 6.07) is 0.712. The van der Waals surface area contributed by atoms with Crippen LogP contribution in [0.15, 0.2) is 0 Å². The molecule has 1 N–H and O–H groups in total. The van der Waals surface area contributed by atoms with Crippen LogP contribution in [0.1, 0.15) is 6.42 Å². The van der Waals surface area contributed by atoms with E-state index in [0.717, 1.165) is 32.7 Å². The topological polar surface area (TPSA) is 41.6 Å². The maximum atomic E-state index is 11.7. The van der Waals surface area contributed by atoms with E-state index in [4.69, 9.17) is 4.74 Å². The van der Waals surface area contributed by atoms with Crippen LogP contribution in [0.2, 0.25) is 0 Å². The zero-order valence-corrected chi connectivity index (χ0v) is 7.53. The van der Waals surface area contributed by atoms with Gasteiger partial charge >= 0.3 is 0 Å². The molecule has 4 nitrogen and oxygen atoms in total. The van der Waals surface area contributed by atoms with Gasteiger partial charge in [-0.25, -0.2) is 0 Å². The fourth-order valence-electron chi connectivity index (χ4n) is 2.29. The SMILES string of the molecule is O=C1[C@@H]2C[C@H](CN1CC1COC1)N2. The highest BCUT2D eigenvalue weighted by atomic mass is 16.5. The van der Waals surface area contributed by atoms with Crippen LogP contribution in [-0.2, 0) is 9.53 Å². The minimum Gasteiger partial charge on any atom is -0.381 e. The number of amides is 1. The van der Waals surface area contributed by atoms with Crippen LogP contribution in [-0.4, -0.2) is 49.2 Å². The van der Waals surface area contributed by atoms with Gasteiger partial charge in [0.25, 0.3) is 0 Å². The second kappa shape index (κ2) is 2.69. The molecule has 0 aliphatic carbocycles. The lowest BCUT2D eigenvalue weighted by atomic mass is 9.89. The number of piperidine rings is 1. The van der Waals surface area contributed by atoms with E-state index in [2.05, 4.69) is 5.32 Å². The Bertz CT molecular complexity index is 234. The van der Waals surface area contributed by atoms with Crippen molar-refractivity contribution in [2.24, 2.45) is 5.92 Å². The molecule has 1 amide bonds. The standard InChI is InChI=1S/C9H14N2O2/c12-9-8-1-7(10-8)3-11(9)2-6-4-13-5-6/h6-8,10H,1-5H2/t7-,8+/m1/s1. The molecule has 0 radical (unpaired) electrons. The average molecular weight is 182 g/mol. The van der Waals surface area contributed by atoms with Crippen molar-refractivity contribution in [1.82, 2.24) is 10.2 Å². The van der Waals surface area contributed by atoms with Gasteiger partial charge in [-0.05, 0) is 6.42 Å². The summed E-state index contributed by atoms with van der Waals surface area (Å²) in [5, 5.41) is 3.25. The Morgan fingerprint density at radius 2 is 2.31 bits per heavy atom. The van der Waals surface area contributed by atoms with E-state index in [9.17, 15) is 4.79 Å². The van der Waals surface area contributed by atoms with Crippen LogP contribution in [0, 0.1) is 5.92 Å². The molecular weight excluding hydrogens is 168 g/mol. The fourth-order valence-corrected chi connectivity index (χ4v) is 2.29. The average Bonchev–Trinajstić information content (AvgIpc) is 1.96. The number of fused-ring (bicyclic) bond motifs is 2. The molecule has 4 saturated heterocycles. The molecule has 72 valence electrons. The van der Waals surface area contributed by atoms with Gasteiger partial charge in [0.05, 0.1) is 19.3 Å². The summed E-state index contributed by atoms with van der Waals surface area (Å²) < 4.78 is 5.10. The molecule has 2 bridgehead atoms. The lowest BCUT2D eigenvalue weighted by Gasteiger charge is -2.48. The molecule has 0 aromatic carbocycles. The van der Waals surface area contributed by atoms with Crippen molar-refractivity contribution in [3.63, 3.8) is 0 Å². The van der Waals surface area contributed by atoms with Gasteiger partial charge < -0.3 is 15.0 Å². The second-order valence-electron chi connectivity index (χ2n) is 4.30. The van der Waals surface area contributed by atoms with E-state index in [0.29, 0.717) is 17.9 Å². The van der Waals surface area contributed by atoms with Crippen molar-refractivity contribution in [3.05, 3.63) is 0 Å². The van der Waals surface area contributed by atoms with Gasteiger partial charge in [0.15, 0.2) is 0 Å². The quantitative estimate of drug-likeness (QED) is 0.608. The summed E-state index contributed by atoms with van der Waals surface area (Å²) in [4.78, 5) is 13.7. The number of ether oxygens (including phenoxy) is 1. The minimum atomic E-state index is 0.139. The van der Waals surface area contributed by atoms with Crippen molar-refractivity contribution < 1.29 is 9.53 Å². The van der Waals surface area contributed by atoms with Gasteiger partial charge in [-0.1, -0.05) is 0 Å². The number of rotatable bonds is 2. The van der Waals surface area contributed by atoms with Crippen molar-refractivity contribution in [1.29, 1.82) is 0 Å². The molecule has 0 aromatic heterocycles. The van der Waals surface area contributed by atoms with E-state index in [1.54, 1.807) is 0 Å². The van der Waals surface area contributed by atoms with Gasteiger partial charge in [0.2, 0.25) is 5.91 Å². The Hall–Kier alpha value is -0.610. The highest BCUT2D eigenvalue weighted by Gasteiger charge is 2.43. The van der Waals surface area contributed by atoms with Gasteiger partial charge in [-0.3, -0.25) is 4.79 Å². The third kappa shape index (κ3) is 1.16. The highest BCUT2D eigenvalue weighted by molar-refractivity contribution is 5.84. The first-order valence-corrected chi connectivity index (χ1v) is 4.95. The second-order valence-corrected chi connectivity index (χ2v) is 4.30. The zero-order chi connectivity index (χ0) is 8.84. The monoisotopic (exact) mass is 182 g/mol. The number of piperazine rings is 1. The lowest BCUT2D eigenvalue weighted by molar-refractivity contribution is -0.147. The molecule has 4 aliphatic heterocycles. The molecule has 0 aromatic rings. The molecule has 4 aliphatic rings. The Morgan fingerprint density at radius 1 is 1.54 bits per heavy atom. The lowest BCUT2D eigenvalue weighted by Crippen LogP contribution is -2.70. The normalized spacial score (nSPS) is 38.5. The molecule has 4 fully saturated rings. The fraction of sp³-hybridized carbons (Fsp3) is 0.889. The molecule has 0 saturated carbocycles. The third-order valence-electron chi connectivity index (χ3n) is 3.19. The molecule has 0 spiro atoms. The number of nitrogens with zero attached hydrogens (tertiary/aromatic N) is 1. The van der Waals surface area contributed by atoms with Crippen LogP contribution >= 0.6 is 0 Å². The highest BCUT2D eigenvalue weighted by Crippen LogP contribution is 2.24. The van der Waals surface area contributed by atoms with Gasteiger partial charge in [-0.2, -0.15) is 0 Å². The van der Waals surface area contributed by atoms with Crippen LogP contribution in [0.3, 0.4) is 0 Å². The molecular formula is C9H14N2O2. The van der Waals surface area contributed by atoms with E-state index >= 15 is 0 Å². The largest absolute Gasteiger partial charge is 0.381 e. The van der Waals surface area contributed by atoms with Crippen molar-refractivity contribution in [3.8, 4) is 0 Å². The van der Waals surface area contributed by atoms with E-state index in [1.165, 1.54) is 0 Å². The summed E-state index contributed by atoms with van der Waals surface area (Å²) in [5.41, 5.74) is 0. The summed E-state index contributed by atoms with van der Waals surface area (Å²) in [5.74, 6) is 0.899. The van der Waals surface area contributed by atoms with E-state index in [1.807, 2.05) is 4.90 Å². The first kappa shape index (κ1) is 7.76. The Labute approximate surface area is 77.2 Å². The van der Waals surface area contributed by atoms with Crippen LogP contribution in [0.4, 0.5) is 0 Å². The summed E-state index contributed by atoms with van der Waals surface area (Å²) in [7, 11) is 0. The Morgan fingerprint density at radius 3 is 2.85 bits per heavy atom. The van der Waals surface area contributed by atoms with Crippen molar-refractivity contribution in [2.45, 2.75) is 18.5 Å². The third-order valence-corrected chi connectivity index (χ3v) is 3.19. The van der Waals surface area contributed by atoms with Crippen molar-refractivity contribution in [2.75, 3.05) is 26.3 Å². The number of nitrogens with one attached hydrogen (secondary N) is 1. The number of hydrogen-bond acceptors (Lipinski definition) is 3. The first-order valence-electron chi connectivity index (χ1n) is 4.95. The van der Waals surface area contributed by atoms with Crippen LogP contribution in [0.5, 0.6) is 0 Å². The maximum Gasteiger partial charge on any atom is 0.239 e. The minimum absolute atomic E-state index is 0.139. The summed E-state index contributed by atoms with van der Waals surface area (Å²) in [6.45, 7) is 3.50. The smallest absolute Gasteiger partial charge is 0.239 e. The molecule has 13 heavy (non-hydrogen) atoms. The molecule has 2 atom stereocenters. The van der Waals surface area contributed by atoms with E-state index in [-0.39, 0.29) is 6.04 Å². The summed E-state index contributed by atoms with van der Waals surface area (Å²) >= 11 is 0. The zero-order valence-electron chi connectivity index (χ0n) is 7.53. The number of carbonyl (C=O) groups is 1. The van der Waals surface area contributed by atoms with E-state index < -0.39 is 0 Å². The van der Waals surface area contributed by atoms with Gasteiger partial charge in [0, 0.05) is 25.0 Å².